The molecule has 0 heterocycles. The molecule has 0 rings (SSSR count). The fourth-order valence-electron chi connectivity index (χ4n) is 0.501. The van der Waals surface area contributed by atoms with E-state index in [9.17, 15) is 9.90 Å². The van der Waals surface area contributed by atoms with Crippen LogP contribution in [0.1, 0.15) is 19.8 Å². The van der Waals surface area contributed by atoms with E-state index in [1.807, 2.05) is 0 Å². The maximum atomic E-state index is 10.1. The molecular formula is C6H10ClO2-. The van der Waals surface area contributed by atoms with Gasteiger partial charge in [-0.05, 0) is 18.8 Å². The Morgan fingerprint density at radius 3 is 2.67 bits per heavy atom. The first kappa shape index (κ1) is 8.76. The Morgan fingerprint density at radius 2 is 2.33 bits per heavy atom. The molecule has 0 aliphatic carbocycles. The molecular weight excluding hydrogens is 140 g/mol. The normalized spacial score (nSPS) is 13.1. The second-order valence-electron chi connectivity index (χ2n) is 2.05. The van der Waals surface area contributed by atoms with Crippen LogP contribution in [0.15, 0.2) is 0 Å². The Morgan fingerprint density at radius 1 is 1.78 bits per heavy atom. The van der Waals surface area contributed by atoms with Gasteiger partial charge in [-0.2, -0.15) is 0 Å². The first-order valence-corrected chi connectivity index (χ1v) is 3.48. The summed E-state index contributed by atoms with van der Waals surface area (Å²) in [5, 5.41) is 10.1. The summed E-state index contributed by atoms with van der Waals surface area (Å²) < 4.78 is 0. The lowest BCUT2D eigenvalue weighted by atomic mass is 10.1. The van der Waals surface area contributed by atoms with Crippen molar-refractivity contribution in [3.8, 4) is 0 Å². The number of carbonyl (C=O) groups excluding carboxylic acids is 1. The Bertz CT molecular complexity index is 93.1. The van der Waals surface area contributed by atoms with E-state index in [0.29, 0.717) is 12.3 Å². The van der Waals surface area contributed by atoms with Gasteiger partial charge in [-0.1, -0.05) is 6.92 Å². The number of carboxylic acid groups (broad SMARTS) is 1. The zero-order valence-corrected chi connectivity index (χ0v) is 6.15. The van der Waals surface area contributed by atoms with Crippen LogP contribution in [-0.2, 0) is 4.79 Å². The monoisotopic (exact) mass is 149 g/mol. The van der Waals surface area contributed by atoms with Gasteiger partial charge >= 0.3 is 0 Å². The number of carbonyl (C=O) groups is 1. The molecule has 0 spiro atoms. The molecule has 0 aromatic rings. The predicted molar refractivity (Wildman–Crippen MR) is 34.1 cm³/mol. The maximum absolute atomic E-state index is 10.1. The average molecular weight is 150 g/mol. The van der Waals surface area contributed by atoms with Crippen LogP contribution in [-0.4, -0.2) is 11.8 Å². The van der Waals surface area contributed by atoms with E-state index in [1.165, 1.54) is 0 Å². The Kier molecular flexibility index (Phi) is 4.50. The van der Waals surface area contributed by atoms with Crippen molar-refractivity contribution in [3.63, 3.8) is 0 Å². The summed E-state index contributed by atoms with van der Waals surface area (Å²) in [5.74, 6) is -0.818. The molecule has 0 saturated heterocycles. The van der Waals surface area contributed by atoms with Crippen LogP contribution in [0.3, 0.4) is 0 Å². The number of hydrogen-bond acceptors (Lipinski definition) is 2. The largest absolute Gasteiger partial charge is 0.550 e. The lowest BCUT2D eigenvalue weighted by molar-refractivity contribution is -0.311. The molecule has 0 aliphatic rings. The number of hydrogen-bond donors (Lipinski definition) is 0. The van der Waals surface area contributed by atoms with E-state index >= 15 is 0 Å². The van der Waals surface area contributed by atoms with Gasteiger partial charge in [-0.3, -0.25) is 0 Å². The highest BCUT2D eigenvalue weighted by molar-refractivity contribution is 6.17. The van der Waals surface area contributed by atoms with Crippen molar-refractivity contribution in [2.24, 2.45) is 5.92 Å². The number of rotatable bonds is 4. The van der Waals surface area contributed by atoms with E-state index < -0.39 is 5.97 Å². The lowest BCUT2D eigenvalue weighted by Crippen LogP contribution is -2.29. The number of alkyl halides is 1. The molecule has 54 valence electrons. The van der Waals surface area contributed by atoms with Crippen molar-refractivity contribution in [2.75, 3.05) is 5.88 Å². The van der Waals surface area contributed by atoms with Gasteiger partial charge in [-0.15, -0.1) is 11.6 Å². The summed E-state index contributed by atoms with van der Waals surface area (Å²) in [4.78, 5) is 10.1. The van der Waals surface area contributed by atoms with Crippen molar-refractivity contribution in [2.45, 2.75) is 19.8 Å². The molecule has 0 aromatic heterocycles. The zero-order valence-electron chi connectivity index (χ0n) is 5.39. The third-order valence-corrected chi connectivity index (χ3v) is 1.44. The first-order chi connectivity index (χ1) is 4.18. The van der Waals surface area contributed by atoms with Gasteiger partial charge in [0.25, 0.3) is 0 Å². The van der Waals surface area contributed by atoms with Crippen molar-refractivity contribution < 1.29 is 9.90 Å². The highest BCUT2D eigenvalue weighted by Gasteiger charge is 1.99. The van der Waals surface area contributed by atoms with Crippen LogP contribution in [0, 0.1) is 5.92 Å². The summed E-state index contributed by atoms with van der Waals surface area (Å²) in [6.45, 7) is 1.63. The second-order valence-corrected chi connectivity index (χ2v) is 2.43. The minimum Gasteiger partial charge on any atom is -0.550 e. The molecule has 0 N–H and O–H groups in total. The van der Waals surface area contributed by atoms with E-state index in [2.05, 4.69) is 0 Å². The Balaban J connectivity index is 3.27. The van der Waals surface area contributed by atoms with E-state index in [0.717, 1.165) is 6.42 Å². The van der Waals surface area contributed by atoms with Gasteiger partial charge in [0.05, 0.1) is 0 Å². The summed E-state index contributed by atoms with van der Waals surface area (Å²) in [6, 6.07) is 0. The van der Waals surface area contributed by atoms with Crippen LogP contribution < -0.4 is 5.11 Å². The minimum atomic E-state index is -0.986. The molecule has 0 bridgehead atoms. The van der Waals surface area contributed by atoms with Crippen LogP contribution in [0.25, 0.3) is 0 Å². The number of halogens is 1. The average Bonchev–Trinajstić information content (AvgIpc) is 1.82. The SMILES string of the molecule is C[C@H](CCCCl)C(=O)[O-]. The minimum absolute atomic E-state index is 0.358. The molecule has 0 fully saturated rings. The molecule has 0 unspecified atom stereocenters. The highest BCUT2D eigenvalue weighted by Crippen LogP contribution is 2.04. The summed E-state index contributed by atoms with van der Waals surface area (Å²) >= 11 is 5.34. The van der Waals surface area contributed by atoms with E-state index in [-0.39, 0.29) is 5.92 Å². The summed E-state index contributed by atoms with van der Waals surface area (Å²) in [7, 11) is 0. The fourth-order valence-corrected chi connectivity index (χ4v) is 0.655. The molecule has 0 radical (unpaired) electrons. The van der Waals surface area contributed by atoms with Crippen molar-refractivity contribution >= 4 is 17.6 Å². The number of carboxylic acids is 1. The molecule has 0 aromatic carbocycles. The lowest BCUT2D eigenvalue weighted by Gasteiger charge is -2.09. The Hall–Kier alpha value is -0.240. The summed E-state index contributed by atoms with van der Waals surface area (Å²) in [5.41, 5.74) is 0. The first-order valence-electron chi connectivity index (χ1n) is 2.95. The topological polar surface area (TPSA) is 40.1 Å². The van der Waals surface area contributed by atoms with Gasteiger partial charge in [0.2, 0.25) is 0 Å². The predicted octanol–water partition coefficient (Wildman–Crippen LogP) is 0.391. The van der Waals surface area contributed by atoms with Crippen LogP contribution in [0.4, 0.5) is 0 Å². The van der Waals surface area contributed by atoms with Gasteiger partial charge < -0.3 is 9.90 Å². The Labute approximate surface area is 59.8 Å². The van der Waals surface area contributed by atoms with E-state index in [1.54, 1.807) is 6.92 Å². The van der Waals surface area contributed by atoms with E-state index in [4.69, 9.17) is 11.6 Å². The van der Waals surface area contributed by atoms with Gasteiger partial charge in [0, 0.05) is 11.8 Å². The third-order valence-electron chi connectivity index (χ3n) is 1.17. The third kappa shape index (κ3) is 4.28. The molecule has 1 atom stereocenters. The van der Waals surface area contributed by atoms with Crippen molar-refractivity contribution in [1.82, 2.24) is 0 Å². The maximum Gasteiger partial charge on any atom is 0.0442 e. The molecule has 2 nitrogen and oxygen atoms in total. The van der Waals surface area contributed by atoms with Gasteiger partial charge in [0.1, 0.15) is 0 Å². The van der Waals surface area contributed by atoms with Crippen LogP contribution in [0.5, 0.6) is 0 Å². The quantitative estimate of drug-likeness (QED) is 0.543. The fraction of sp³-hybridized carbons (Fsp3) is 0.833. The van der Waals surface area contributed by atoms with Gasteiger partial charge in [-0.25, -0.2) is 0 Å². The summed E-state index contributed by atoms with van der Waals surface area (Å²) in [6.07, 6.45) is 1.36. The van der Waals surface area contributed by atoms with Crippen LogP contribution >= 0.6 is 11.6 Å². The van der Waals surface area contributed by atoms with Crippen molar-refractivity contribution in [1.29, 1.82) is 0 Å². The van der Waals surface area contributed by atoms with Crippen LogP contribution in [0.2, 0.25) is 0 Å². The molecule has 3 heteroatoms. The number of aliphatic carboxylic acids is 1. The smallest absolute Gasteiger partial charge is 0.0442 e. The molecule has 0 saturated carbocycles. The highest BCUT2D eigenvalue weighted by atomic mass is 35.5. The molecule has 0 aliphatic heterocycles. The standard InChI is InChI=1S/C6H11ClO2/c1-5(6(8)9)3-2-4-7/h5H,2-4H2,1H3,(H,8,9)/p-1/t5-/m1/s1. The zero-order chi connectivity index (χ0) is 7.28. The molecule has 0 amide bonds. The molecule has 9 heavy (non-hydrogen) atoms. The second kappa shape index (κ2) is 4.62. The van der Waals surface area contributed by atoms with Gasteiger partial charge in [0.15, 0.2) is 0 Å². The van der Waals surface area contributed by atoms with Crippen molar-refractivity contribution in [3.05, 3.63) is 0 Å².